The van der Waals surface area contributed by atoms with E-state index in [0.717, 1.165) is 19.1 Å². The normalized spacial score (nSPS) is 11.0. The summed E-state index contributed by atoms with van der Waals surface area (Å²) in [4.78, 5) is 30.4. The Bertz CT molecular complexity index is 356. The lowest BCUT2D eigenvalue weighted by atomic mass is 10.0. The topological polar surface area (TPSA) is 133 Å². The van der Waals surface area contributed by atoms with E-state index in [-0.39, 0.29) is 0 Å². The van der Waals surface area contributed by atoms with Gasteiger partial charge in [-0.1, -0.05) is 97.0 Å². The van der Waals surface area contributed by atoms with Crippen molar-refractivity contribution in [2.45, 2.75) is 96.8 Å². The molecule has 0 aromatic heterocycles. The maximum Gasteiger partial charge on any atom is 0.466 e. The fourth-order valence-electron chi connectivity index (χ4n) is 2.48. The Labute approximate surface area is 174 Å². The molecule has 0 atom stereocenters. The number of phosphoric acid groups is 1. The van der Waals surface area contributed by atoms with Gasteiger partial charge >= 0.3 is 7.82 Å². The van der Waals surface area contributed by atoms with Crippen LogP contribution in [-0.2, 0) is 34.5 Å². The van der Waals surface area contributed by atoms with Crippen LogP contribution in [0, 0.1) is 0 Å². The molecule has 0 saturated carbocycles. The van der Waals surface area contributed by atoms with E-state index in [4.69, 9.17) is 24.1 Å². The van der Waals surface area contributed by atoms with E-state index in [1.807, 2.05) is 0 Å². The predicted octanol–water partition coefficient (Wildman–Crippen LogP) is 5.36. The summed E-state index contributed by atoms with van der Waals surface area (Å²) in [5.41, 5.74) is 0. The van der Waals surface area contributed by atoms with Crippen LogP contribution in [0.2, 0.25) is 0 Å². The molecule has 0 fully saturated rings. The smallest absolute Gasteiger partial charge is 0.315 e. The van der Waals surface area contributed by atoms with Gasteiger partial charge in [0.15, 0.2) is 0 Å². The van der Waals surface area contributed by atoms with Crippen LogP contribution in [-0.4, -0.2) is 21.3 Å². The molecular weight excluding hydrogens is 407 g/mol. The lowest BCUT2D eigenvalue weighted by molar-refractivity contribution is -0.751. The molecule has 3 N–H and O–H groups in total. The molecule has 0 aliphatic carbocycles. The standard InChI is InChI=1S/C18H36O6.H3O4P/c1-3-5-6-7-8-9-10-11-12-13-14-15-16-17-18-20-22-24-23-21-19-4-2;1-5(2,3)4/h4H,2-3,5-18H2,1H3;(H3,1,2,3,4). The average molecular weight is 446 g/mol. The highest BCUT2D eigenvalue weighted by Crippen LogP contribution is 2.25. The van der Waals surface area contributed by atoms with Gasteiger partial charge in [0.05, 0.1) is 6.61 Å². The second-order valence-electron chi connectivity index (χ2n) is 6.47. The van der Waals surface area contributed by atoms with Gasteiger partial charge in [0.2, 0.25) is 0 Å². The molecule has 11 heteroatoms. The van der Waals surface area contributed by atoms with Gasteiger partial charge < -0.3 is 19.6 Å². The zero-order valence-electron chi connectivity index (χ0n) is 17.5. The summed E-state index contributed by atoms with van der Waals surface area (Å²) < 4.78 is 8.88. The van der Waals surface area contributed by atoms with Gasteiger partial charge in [0.25, 0.3) is 0 Å². The summed E-state index contributed by atoms with van der Waals surface area (Å²) in [5, 5.41) is 16.2. The molecule has 176 valence electrons. The van der Waals surface area contributed by atoms with Crippen molar-refractivity contribution in [3.05, 3.63) is 12.8 Å². The molecule has 0 saturated heterocycles. The van der Waals surface area contributed by atoms with Gasteiger partial charge in [-0.3, -0.25) is 0 Å². The third-order valence-corrected chi connectivity index (χ3v) is 3.82. The highest BCUT2D eigenvalue weighted by Gasteiger charge is 2.00. The van der Waals surface area contributed by atoms with Gasteiger partial charge in [0, 0.05) is 10.1 Å². The maximum absolute atomic E-state index is 8.88. The van der Waals surface area contributed by atoms with Crippen LogP contribution in [0.4, 0.5) is 0 Å². The molecule has 0 aromatic carbocycles. The van der Waals surface area contributed by atoms with Gasteiger partial charge in [0.1, 0.15) is 6.26 Å². The summed E-state index contributed by atoms with van der Waals surface area (Å²) in [6.45, 7) is 5.94. The Morgan fingerprint density at radius 2 is 1.07 bits per heavy atom. The zero-order chi connectivity index (χ0) is 22.1. The van der Waals surface area contributed by atoms with Gasteiger partial charge in [-0.15, -0.1) is 0 Å². The van der Waals surface area contributed by atoms with Crippen molar-refractivity contribution in [3.63, 3.8) is 0 Å². The lowest BCUT2D eigenvalue weighted by Crippen LogP contribution is -2.00. The third-order valence-electron chi connectivity index (χ3n) is 3.82. The van der Waals surface area contributed by atoms with Crippen LogP contribution < -0.4 is 0 Å². The monoisotopic (exact) mass is 446 g/mol. The first-order valence-corrected chi connectivity index (χ1v) is 11.8. The number of unbranched alkanes of at least 4 members (excludes halogenated alkanes) is 13. The minimum atomic E-state index is -4.64. The van der Waals surface area contributed by atoms with Crippen molar-refractivity contribution in [3.8, 4) is 0 Å². The van der Waals surface area contributed by atoms with Gasteiger partial charge in [-0.2, -0.15) is 0 Å². The van der Waals surface area contributed by atoms with Crippen molar-refractivity contribution in [1.29, 1.82) is 0 Å². The fraction of sp³-hybridized carbons (Fsp3) is 0.889. The maximum atomic E-state index is 8.88. The fourth-order valence-corrected chi connectivity index (χ4v) is 2.48. The minimum Gasteiger partial charge on any atom is -0.315 e. The van der Waals surface area contributed by atoms with Crippen molar-refractivity contribution >= 4 is 7.82 Å². The highest BCUT2D eigenvalue weighted by molar-refractivity contribution is 7.45. The van der Waals surface area contributed by atoms with Crippen LogP contribution in [0.1, 0.15) is 96.8 Å². The van der Waals surface area contributed by atoms with E-state index in [1.165, 1.54) is 77.0 Å². The molecule has 0 spiro atoms. The summed E-state index contributed by atoms with van der Waals surface area (Å²) >= 11 is 0. The number of hydrogen-bond donors (Lipinski definition) is 3. The second kappa shape index (κ2) is 25.5. The summed E-state index contributed by atoms with van der Waals surface area (Å²) in [7, 11) is -4.64. The van der Waals surface area contributed by atoms with Crippen LogP contribution in [0.3, 0.4) is 0 Å². The molecule has 0 heterocycles. The van der Waals surface area contributed by atoms with Crippen molar-refractivity contribution in [2.24, 2.45) is 0 Å². The molecule has 0 bridgehead atoms. The number of rotatable bonds is 21. The molecule has 0 unspecified atom stereocenters. The lowest BCUT2D eigenvalue weighted by Gasteiger charge is -2.03. The Morgan fingerprint density at radius 3 is 1.48 bits per heavy atom. The van der Waals surface area contributed by atoms with E-state index >= 15 is 0 Å². The molecule has 0 aliphatic heterocycles. The summed E-state index contributed by atoms with van der Waals surface area (Å²) in [6, 6.07) is 0. The molecule has 0 radical (unpaired) electrons. The van der Waals surface area contributed by atoms with Crippen LogP contribution >= 0.6 is 7.82 Å². The Morgan fingerprint density at radius 1 is 0.690 bits per heavy atom. The predicted molar refractivity (Wildman–Crippen MR) is 106 cm³/mol. The summed E-state index contributed by atoms with van der Waals surface area (Å²) in [5.74, 6) is 0. The van der Waals surface area contributed by atoms with Crippen LogP contribution in [0.15, 0.2) is 12.8 Å². The summed E-state index contributed by atoms with van der Waals surface area (Å²) in [6.07, 6.45) is 19.5. The third kappa shape index (κ3) is 42.5. The first-order valence-electron chi connectivity index (χ1n) is 10.3. The first kappa shape index (κ1) is 30.6. The van der Waals surface area contributed by atoms with E-state index in [1.54, 1.807) is 0 Å². The molecule has 29 heavy (non-hydrogen) atoms. The van der Waals surface area contributed by atoms with Crippen molar-refractivity contribution in [2.75, 3.05) is 6.61 Å². The minimum absolute atomic E-state index is 0.448. The van der Waals surface area contributed by atoms with Gasteiger partial charge in [-0.25, -0.2) is 9.45 Å². The van der Waals surface area contributed by atoms with E-state index in [9.17, 15) is 0 Å². The van der Waals surface area contributed by atoms with E-state index < -0.39 is 7.82 Å². The molecule has 0 aliphatic rings. The molecule has 0 aromatic rings. The largest absolute Gasteiger partial charge is 0.466 e. The Hall–Kier alpha value is -0.550. The quantitative estimate of drug-likeness (QED) is 0.0696. The van der Waals surface area contributed by atoms with Crippen molar-refractivity contribution in [1.82, 2.24) is 0 Å². The molecule has 10 nitrogen and oxygen atoms in total. The SMILES string of the molecule is C=COOOOOOCCCCCCCCCCCCCCCC.O=P(O)(O)O. The molecule has 0 amide bonds. The zero-order valence-corrected chi connectivity index (χ0v) is 18.4. The van der Waals surface area contributed by atoms with E-state index in [2.05, 4.69) is 38.5 Å². The first-order chi connectivity index (χ1) is 13.9. The second-order valence-corrected chi connectivity index (χ2v) is 7.49. The van der Waals surface area contributed by atoms with Gasteiger partial charge in [-0.05, 0) is 16.5 Å². The van der Waals surface area contributed by atoms with Crippen LogP contribution in [0.5, 0.6) is 0 Å². The highest BCUT2D eigenvalue weighted by atomic mass is 31.2. The molecule has 0 rings (SSSR count). The van der Waals surface area contributed by atoms with Crippen molar-refractivity contribution < 1.29 is 49.2 Å². The number of hydrogen-bond acceptors (Lipinski definition) is 7. The van der Waals surface area contributed by atoms with E-state index in [0.29, 0.717) is 6.61 Å². The van der Waals surface area contributed by atoms with Crippen LogP contribution in [0.25, 0.3) is 0 Å². The Balaban J connectivity index is 0. The Kier molecular flexibility index (Phi) is 26.9. The molecular formula is C18H39O10P. The average Bonchev–Trinajstić information content (AvgIpc) is 2.65.